The maximum atomic E-state index is 13.6. The second-order valence-electron chi connectivity index (χ2n) is 4.33. The molecule has 1 atom stereocenters. The quantitative estimate of drug-likeness (QED) is 0.514. The van der Waals surface area contributed by atoms with Gasteiger partial charge in [0.15, 0.2) is 11.6 Å². The lowest BCUT2D eigenvalue weighted by molar-refractivity contribution is 0.493. The summed E-state index contributed by atoms with van der Waals surface area (Å²) in [5.41, 5.74) is 2.82. The predicted molar refractivity (Wildman–Crippen MR) is 66.5 cm³/mol. The molecule has 0 fully saturated rings. The van der Waals surface area contributed by atoms with E-state index in [0.717, 1.165) is 30.3 Å². The molecule has 2 aromatic carbocycles. The van der Waals surface area contributed by atoms with E-state index < -0.39 is 29.3 Å². The van der Waals surface area contributed by atoms with Crippen LogP contribution in [0.4, 0.5) is 17.6 Å². The molecule has 0 radical (unpaired) electrons. The molecule has 0 aromatic heterocycles. The fourth-order valence-corrected chi connectivity index (χ4v) is 1.92. The van der Waals surface area contributed by atoms with E-state index >= 15 is 0 Å². The highest BCUT2D eigenvalue weighted by atomic mass is 19.2. The summed E-state index contributed by atoms with van der Waals surface area (Å²) in [6.45, 7) is 0. The normalized spacial score (nSPS) is 12.4. The third-order valence-electron chi connectivity index (χ3n) is 2.98. The van der Waals surface area contributed by atoms with Crippen LogP contribution in [0.15, 0.2) is 36.4 Å². The van der Waals surface area contributed by atoms with Crippen LogP contribution in [0.5, 0.6) is 0 Å². The van der Waals surface area contributed by atoms with E-state index in [1.54, 1.807) is 0 Å². The van der Waals surface area contributed by atoms with Crippen LogP contribution in [0.3, 0.4) is 0 Å². The highest BCUT2D eigenvalue weighted by molar-refractivity contribution is 5.26. The molecule has 2 nitrogen and oxygen atoms in total. The van der Waals surface area contributed by atoms with E-state index in [2.05, 4.69) is 5.43 Å². The van der Waals surface area contributed by atoms with Crippen LogP contribution < -0.4 is 11.3 Å². The van der Waals surface area contributed by atoms with E-state index in [1.807, 2.05) is 0 Å². The monoisotopic (exact) mass is 284 g/mol. The first-order valence-electron chi connectivity index (χ1n) is 5.86. The number of nitrogens with two attached hydrogens (primary N) is 1. The minimum Gasteiger partial charge on any atom is -0.271 e. The summed E-state index contributed by atoms with van der Waals surface area (Å²) < 4.78 is 52.7. The van der Waals surface area contributed by atoms with E-state index in [0.29, 0.717) is 5.56 Å². The van der Waals surface area contributed by atoms with Crippen LogP contribution in [0, 0.1) is 23.3 Å². The molecule has 6 heteroatoms. The van der Waals surface area contributed by atoms with Gasteiger partial charge in [-0.2, -0.15) is 0 Å². The Hall–Kier alpha value is -1.92. The van der Waals surface area contributed by atoms with E-state index in [-0.39, 0.29) is 12.0 Å². The minimum absolute atomic E-state index is 0.00512. The smallest absolute Gasteiger partial charge is 0.159 e. The number of hydrogen-bond donors (Lipinski definition) is 2. The van der Waals surface area contributed by atoms with Crippen molar-refractivity contribution in [3.8, 4) is 0 Å². The van der Waals surface area contributed by atoms with Gasteiger partial charge in [-0.25, -0.2) is 17.6 Å². The molecule has 20 heavy (non-hydrogen) atoms. The van der Waals surface area contributed by atoms with Gasteiger partial charge >= 0.3 is 0 Å². The van der Waals surface area contributed by atoms with Gasteiger partial charge in [0.25, 0.3) is 0 Å². The van der Waals surface area contributed by atoms with Gasteiger partial charge in [-0.3, -0.25) is 11.3 Å². The molecule has 0 aliphatic heterocycles. The van der Waals surface area contributed by atoms with Crippen molar-refractivity contribution in [3.63, 3.8) is 0 Å². The molecule has 0 bridgehead atoms. The lowest BCUT2D eigenvalue weighted by atomic mass is 9.99. The number of rotatable bonds is 4. The first kappa shape index (κ1) is 14.5. The number of benzene rings is 2. The van der Waals surface area contributed by atoms with Crippen molar-refractivity contribution in [3.05, 3.63) is 70.8 Å². The molecule has 0 heterocycles. The Labute approximate surface area is 113 Å². The summed E-state index contributed by atoms with van der Waals surface area (Å²) in [5.74, 6) is 2.17. The van der Waals surface area contributed by atoms with Gasteiger partial charge in [0.05, 0.1) is 6.04 Å². The van der Waals surface area contributed by atoms with Gasteiger partial charge in [0, 0.05) is 0 Å². The summed E-state index contributed by atoms with van der Waals surface area (Å²) in [5, 5.41) is 0. The Bertz CT molecular complexity index is 616. The average Bonchev–Trinajstić information content (AvgIpc) is 2.43. The van der Waals surface area contributed by atoms with Crippen molar-refractivity contribution >= 4 is 0 Å². The van der Waals surface area contributed by atoms with Crippen molar-refractivity contribution in [2.75, 3.05) is 0 Å². The summed E-state index contributed by atoms with van der Waals surface area (Å²) in [4.78, 5) is 0. The van der Waals surface area contributed by atoms with Crippen LogP contribution in [-0.4, -0.2) is 0 Å². The minimum atomic E-state index is -1.03. The fraction of sp³-hybridized carbons (Fsp3) is 0.143. The molecule has 0 saturated carbocycles. The van der Waals surface area contributed by atoms with Crippen molar-refractivity contribution in [1.29, 1.82) is 0 Å². The summed E-state index contributed by atoms with van der Waals surface area (Å²) in [7, 11) is 0. The highest BCUT2D eigenvalue weighted by Gasteiger charge is 2.15. The van der Waals surface area contributed by atoms with Crippen molar-refractivity contribution in [2.24, 2.45) is 5.84 Å². The number of hydrogen-bond acceptors (Lipinski definition) is 2. The van der Waals surface area contributed by atoms with Crippen LogP contribution in [-0.2, 0) is 6.42 Å². The van der Waals surface area contributed by atoms with E-state index in [4.69, 9.17) is 5.84 Å². The molecule has 0 aliphatic rings. The SMILES string of the molecule is NNC(Cc1cc(F)ccc1F)c1ccc(F)c(F)c1. The molecule has 0 saturated heterocycles. The van der Waals surface area contributed by atoms with Crippen molar-refractivity contribution in [1.82, 2.24) is 5.43 Å². The molecule has 106 valence electrons. The molecule has 2 rings (SSSR count). The second kappa shape index (κ2) is 6.02. The maximum Gasteiger partial charge on any atom is 0.159 e. The molecular formula is C14H12F4N2. The number of hydrazine groups is 1. The third-order valence-corrected chi connectivity index (χ3v) is 2.98. The number of halogens is 4. The van der Waals surface area contributed by atoms with Gasteiger partial charge < -0.3 is 0 Å². The second-order valence-corrected chi connectivity index (χ2v) is 4.33. The van der Waals surface area contributed by atoms with Gasteiger partial charge in [-0.05, 0) is 47.9 Å². The fourth-order valence-electron chi connectivity index (χ4n) is 1.92. The maximum absolute atomic E-state index is 13.6. The standard InChI is InChI=1S/C14H12F4N2/c15-10-2-4-11(16)9(5-10)7-14(20-19)8-1-3-12(17)13(18)6-8/h1-6,14,20H,7,19H2. The zero-order valence-electron chi connectivity index (χ0n) is 10.3. The van der Waals surface area contributed by atoms with Crippen LogP contribution in [0.2, 0.25) is 0 Å². The Kier molecular flexibility index (Phi) is 4.36. The summed E-state index contributed by atoms with van der Waals surface area (Å²) in [6, 6.07) is 5.64. The average molecular weight is 284 g/mol. The topological polar surface area (TPSA) is 38.0 Å². The van der Waals surface area contributed by atoms with Crippen LogP contribution >= 0.6 is 0 Å². The molecule has 2 aromatic rings. The molecule has 1 unspecified atom stereocenters. The Morgan fingerprint density at radius 3 is 2.25 bits per heavy atom. The van der Waals surface area contributed by atoms with Crippen LogP contribution in [0.25, 0.3) is 0 Å². The third kappa shape index (κ3) is 3.15. The highest BCUT2D eigenvalue weighted by Crippen LogP contribution is 2.22. The largest absolute Gasteiger partial charge is 0.271 e. The summed E-state index contributed by atoms with van der Waals surface area (Å²) >= 11 is 0. The Balaban J connectivity index is 2.28. The molecule has 3 N–H and O–H groups in total. The first-order valence-corrected chi connectivity index (χ1v) is 5.86. The zero-order chi connectivity index (χ0) is 14.7. The van der Waals surface area contributed by atoms with Crippen molar-refractivity contribution in [2.45, 2.75) is 12.5 Å². The molecular weight excluding hydrogens is 272 g/mol. The van der Waals surface area contributed by atoms with Crippen molar-refractivity contribution < 1.29 is 17.6 Å². The lowest BCUT2D eigenvalue weighted by Crippen LogP contribution is -2.30. The molecule has 0 spiro atoms. The Morgan fingerprint density at radius 2 is 1.60 bits per heavy atom. The van der Waals surface area contributed by atoms with Gasteiger partial charge in [-0.15, -0.1) is 0 Å². The van der Waals surface area contributed by atoms with E-state index in [1.165, 1.54) is 6.07 Å². The van der Waals surface area contributed by atoms with E-state index in [9.17, 15) is 17.6 Å². The molecule has 0 amide bonds. The summed E-state index contributed by atoms with van der Waals surface area (Å²) in [6.07, 6.45) is 0.00512. The molecule has 0 aliphatic carbocycles. The van der Waals surface area contributed by atoms with Gasteiger partial charge in [0.2, 0.25) is 0 Å². The predicted octanol–water partition coefficient (Wildman–Crippen LogP) is 2.99. The van der Waals surface area contributed by atoms with Crippen LogP contribution in [0.1, 0.15) is 17.2 Å². The number of nitrogens with one attached hydrogen (secondary N) is 1. The lowest BCUT2D eigenvalue weighted by Gasteiger charge is -2.17. The van der Waals surface area contributed by atoms with Gasteiger partial charge in [0.1, 0.15) is 11.6 Å². The zero-order valence-corrected chi connectivity index (χ0v) is 10.3. The first-order chi connectivity index (χ1) is 9.51. The Morgan fingerprint density at radius 1 is 0.900 bits per heavy atom. The van der Waals surface area contributed by atoms with Gasteiger partial charge in [-0.1, -0.05) is 6.07 Å².